The van der Waals surface area contributed by atoms with Crippen molar-refractivity contribution in [2.24, 2.45) is 0 Å². The smallest absolute Gasteiger partial charge is 0.268 e. The van der Waals surface area contributed by atoms with E-state index in [9.17, 15) is 9.90 Å². The fourth-order valence-corrected chi connectivity index (χ4v) is 4.43. The molecule has 0 saturated heterocycles. The second kappa shape index (κ2) is 7.24. The Balaban J connectivity index is 1.76. The van der Waals surface area contributed by atoms with E-state index in [1.807, 2.05) is 43.3 Å². The maximum atomic E-state index is 13.4. The number of hydrogen-bond acceptors (Lipinski definition) is 5. The van der Waals surface area contributed by atoms with Crippen LogP contribution in [0.4, 0.5) is 0 Å². The Kier molecular flexibility index (Phi) is 4.41. The molecule has 0 saturated carbocycles. The van der Waals surface area contributed by atoms with E-state index < -0.39 is 0 Å². The van der Waals surface area contributed by atoms with Gasteiger partial charge in [0.05, 0.1) is 21.1 Å². The number of hydrogen-bond donors (Lipinski definition) is 1. The second-order valence-electron chi connectivity index (χ2n) is 6.99. The minimum Gasteiger partial charge on any atom is -0.507 e. The largest absolute Gasteiger partial charge is 0.507 e. The summed E-state index contributed by atoms with van der Waals surface area (Å²) in [5, 5.41) is 11.2. The first-order valence-electron chi connectivity index (χ1n) is 9.45. The maximum absolute atomic E-state index is 13.4. The van der Waals surface area contributed by atoms with Crippen molar-refractivity contribution in [3.8, 4) is 10.9 Å². The Morgan fingerprint density at radius 3 is 2.60 bits per heavy atom. The summed E-state index contributed by atoms with van der Waals surface area (Å²) in [4.78, 5) is 22.8. The molecule has 0 aliphatic heterocycles. The van der Waals surface area contributed by atoms with Gasteiger partial charge in [0.15, 0.2) is 5.13 Å². The zero-order valence-electron chi connectivity index (χ0n) is 16.1. The maximum Gasteiger partial charge on any atom is 0.268 e. The molecule has 0 radical (unpaired) electrons. The number of benzene rings is 3. The average Bonchev–Trinajstić information content (AvgIpc) is 3.16. The van der Waals surface area contributed by atoms with Crippen molar-refractivity contribution in [1.82, 2.24) is 14.5 Å². The van der Waals surface area contributed by atoms with Gasteiger partial charge in [0.2, 0.25) is 0 Å². The van der Waals surface area contributed by atoms with Crippen molar-refractivity contribution in [3.05, 3.63) is 94.0 Å². The van der Waals surface area contributed by atoms with Crippen LogP contribution in [0.2, 0.25) is 0 Å². The summed E-state index contributed by atoms with van der Waals surface area (Å²) in [6.07, 6.45) is 3.49. The van der Waals surface area contributed by atoms with E-state index in [4.69, 9.17) is 4.98 Å². The first-order chi connectivity index (χ1) is 14.6. The Labute approximate surface area is 176 Å². The van der Waals surface area contributed by atoms with E-state index in [0.717, 1.165) is 15.8 Å². The number of aromatic nitrogens is 3. The molecule has 0 fully saturated rings. The summed E-state index contributed by atoms with van der Waals surface area (Å²) in [7, 11) is 0. The van der Waals surface area contributed by atoms with Gasteiger partial charge in [0.1, 0.15) is 11.6 Å². The van der Waals surface area contributed by atoms with Crippen LogP contribution in [0.1, 0.15) is 17.0 Å². The zero-order chi connectivity index (χ0) is 20.7. The fourth-order valence-electron chi connectivity index (χ4n) is 3.35. The van der Waals surface area contributed by atoms with Gasteiger partial charge in [-0.15, -0.1) is 0 Å². The van der Waals surface area contributed by atoms with Crippen molar-refractivity contribution < 1.29 is 5.11 Å². The average molecular weight is 411 g/mol. The minimum atomic E-state index is -0.173. The molecule has 5 nitrogen and oxygen atoms in total. The molecule has 30 heavy (non-hydrogen) atoms. The molecular formula is C24H17N3O2S. The molecule has 0 aliphatic carbocycles. The molecule has 0 atom stereocenters. The molecular weight excluding hydrogens is 394 g/mol. The minimum absolute atomic E-state index is 0.166. The van der Waals surface area contributed by atoms with Crippen LogP contribution in [0.15, 0.2) is 71.5 Å². The fraction of sp³-hybridized carbons (Fsp3) is 0.0417. The van der Waals surface area contributed by atoms with Gasteiger partial charge in [-0.1, -0.05) is 47.7 Å². The van der Waals surface area contributed by atoms with Crippen LogP contribution in [0.3, 0.4) is 0 Å². The molecule has 2 heterocycles. The van der Waals surface area contributed by atoms with E-state index in [0.29, 0.717) is 27.4 Å². The number of aryl methyl sites for hydroxylation is 1. The van der Waals surface area contributed by atoms with Gasteiger partial charge >= 0.3 is 0 Å². The quantitative estimate of drug-likeness (QED) is 0.444. The van der Waals surface area contributed by atoms with Gasteiger partial charge in [-0.2, -0.15) is 0 Å². The molecule has 1 N–H and O–H groups in total. The lowest BCUT2D eigenvalue weighted by Crippen LogP contribution is -2.22. The third kappa shape index (κ3) is 3.17. The second-order valence-corrected chi connectivity index (χ2v) is 8.00. The Bertz CT molecular complexity index is 1500. The van der Waals surface area contributed by atoms with E-state index in [1.165, 1.54) is 11.3 Å². The Morgan fingerprint density at radius 1 is 0.933 bits per heavy atom. The van der Waals surface area contributed by atoms with Crippen molar-refractivity contribution in [3.63, 3.8) is 0 Å². The van der Waals surface area contributed by atoms with Crippen LogP contribution in [0, 0.1) is 6.92 Å². The normalized spacial score (nSPS) is 11.6. The number of para-hydroxylation sites is 2. The topological polar surface area (TPSA) is 68.0 Å². The molecule has 5 aromatic rings. The lowest BCUT2D eigenvalue weighted by Gasteiger charge is -2.08. The molecule has 0 bridgehead atoms. The lowest BCUT2D eigenvalue weighted by atomic mass is 10.2. The van der Waals surface area contributed by atoms with Crippen LogP contribution in [0.25, 0.3) is 38.4 Å². The molecule has 0 amide bonds. The van der Waals surface area contributed by atoms with Gasteiger partial charge in [0.25, 0.3) is 5.56 Å². The standard InChI is InChI=1S/C24H17N3O2S/c1-15-10-12-19-21(14-15)30-24(26-19)27-22(13-11-16-6-2-5-9-20(16)28)25-18-8-4-3-7-17(18)23(27)29/h2-14,28H,1H3. The van der Waals surface area contributed by atoms with E-state index >= 15 is 0 Å². The highest BCUT2D eigenvalue weighted by Gasteiger charge is 2.15. The monoisotopic (exact) mass is 411 g/mol. The summed E-state index contributed by atoms with van der Waals surface area (Å²) >= 11 is 1.45. The highest BCUT2D eigenvalue weighted by atomic mass is 32.1. The number of fused-ring (bicyclic) bond motifs is 2. The first-order valence-corrected chi connectivity index (χ1v) is 10.3. The molecule has 0 unspecified atom stereocenters. The van der Waals surface area contributed by atoms with Crippen LogP contribution in [-0.2, 0) is 0 Å². The highest BCUT2D eigenvalue weighted by Crippen LogP contribution is 2.27. The van der Waals surface area contributed by atoms with E-state index in [-0.39, 0.29) is 11.3 Å². The molecule has 6 heteroatoms. The molecule has 3 aromatic carbocycles. The van der Waals surface area contributed by atoms with Crippen LogP contribution < -0.4 is 5.56 Å². The zero-order valence-corrected chi connectivity index (χ0v) is 16.9. The third-order valence-electron chi connectivity index (χ3n) is 4.87. The summed E-state index contributed by atoms with van der Waals surface area (Å²) < 4.78 is 2.56. The van der Waals surface area contributed by atoms with Crippen LogP contribution in [0.5, 0.6) is 5.75 Å². The SMILES string of the molecule is Cc1ccc2nc(-n3c(C=Cc4ccccc4O)nc4ccccc4c3=O)sc2c1. The van der Waals surface area contributed by atoms with Crippen molar-refractivity contribution in [2.75, 3.05) is 0 Å². The molecule has 0 spiro atoms. The number of rotatable bonds is 3. The van der Waals surface area contributed by atoms with Crippen molar-refractivity contribution in [1.29, 1.82) is 0 Å². The van der Waals surface area contributed by atoms with Gasteiger partial charge in [0, 0.05) is 5.56 Å². The molecule has 2 aromatic heterocycles. The number of phenols is 1. The first kappa shape index (κ1) is 18.3. The Hall–Kier alpha value is -3.77. The van der Waals surface area contributed by atoms with Crippen LogP contribution in [-0.4, -0.2) is 19.6 Å². The van der Waals surface area contributed by atoms with Gasteiger partial charge < -0.3 is 5.11 Å². The van der Waals surface area contributed by atoms with Crippen molar-refractivity contribution in [2.45, 2.75) is 6.92 Å². The molecule has 0 aliphatic rings. The van der Waals surface area contributed by atoms with Crippen LogP contribution >= 0.6 is 11.3 Å². The molecule has 146 valence electrons. The highest BCUT2D eigenvalue weighted by molar-refractivity contribution is 7.20. The van der Waals surface area contributed by atoms with Gasteiger partial charge in [-0.25, -0.2) is 14.5 Å². The summed E-state index contributed by atoms with van der Waals surface area (Å²) in [6, 6.07) is 20.3. The number of aromatic hydroxyl groups is 1. The summed E-state index contributed by atoms with van der Waals surface area (Å²) in [5.41, 5.74) is 3.07. The predicted molar refractivity (Wildman–Crippen MR) is 122 cm³/mol. The molecule has 5 rings (SSSR count). The van der Waals surface area contributed by atoms with Gasteiger partial charge in [-0.05, 0) is 55.0 Å². The van der Waals surface area contributed by atoms with Crippen molar-refractivity contribution >= 4 is 44.6 Å². The third-order valence-corrected chi connectivity index (χ3v) is 5.88. The summed E-state index contributed by atoms with van der Waals surface area (Å²) in [5.74, 6) is 0.622. The number of thiazole rings is 1. The number of phenolic OH excluding ortho intramolecular Hbond substituents is 1. The van der Waals surface area contributed by atoms with E-state index in [1.54, 1.807) is 41.0 Å². The van der Waals surface area contributed by atoms with E-state index in [2.05, 4.69) is 11.1 Å². The van der Waals surface area contributed by atoms with Gasteiger partial charge in [-0.3, -0.25) is 4.79 Å². The predicted octanol–water partition coefficient (Wildman–Crippen LogP) is 5.18. The summed E-state index contributed by atoms with van der Waals surface area (Å²) in [6.45, 7) is 2.03. The number of nitrogens with zero attached hydrogens (tertiary/aromatic N) is 3. The lowest BCUT2D eigenvalue weighted by molar-refractivity contribution is 0.474. The Morgan fingerprint density at radius 2 is 1.73 bits per heavy atom.